The third kappa shape index (κ3) is 7.05. The van der Waals surface area contributed by atoms with Gasteiger partial charge in [-0.3, -0.25) is 9.59 Å². The molecule has 3 amide bonds. The van der Waals surface area contributed by atoms with E-state index in [1.54, 1.807) is 6.20 Å². The van der Waals surface area contributed by atoms with Gasteiger partial charge in [0.05, 0.1) is 42.1 Å². The largest absolute Gasteiger partial charge is 0.453 e. The number of ether oxygens (including phenoxy) is 1. The Morgan fingerprint density at radius 3 is 2.09 bits per heavy atom. The molecule has 2 aliphatic carbocycles. The Morgan fingerprint density at radius 2 is 1.47 bits per heavy atom. The first-order valence-electron chi connectivity index (χ1n) is 19.6. The van der Waals surface area contributed by atoms with E-state index in [2.05, 4.69) is 36.0 Å². The third-order valence-electron chi connectivity index (χ3n) is 12.6. The molecular formula is C43H51N7O5. The second kappa shape index (κ2) is 13.8. The van der Waals surface area contributed by atoms with E-state index in [4.69, 9.17) is 14.7 Å². The summed E-state index contributed by atoms with van der Waals surface area (Å²) in [7, 11) is 1.30. The van der Waals surface area contributed by atoms with Crippen LogP contribution in [0, 0.1) is 40.4 Å². The molecule has 2 saturated carbocycles. The van der Waals surface area contributed by atoms with Gasteiger partial charge in [0.2, 0.25) is 11.8 Å². The maximum absolute atomic E-state index is 13.9. The van der Waals surface area contributed by atoms with Crippen LogP contribution in [-0.2, 0) is 14.3 Å². The smallest absolute Gasteiger partial charge is 0.407 e. The van der Waals surface area contributed by atoms with Crippen molar-refractivity contribution in [3.63, 3.8) is 0 Å². The van der Waals surface area contributed by atoms with Crippen LogP contribution in [-0.4, -0.2) is 78.8 Å². The van der Waals surface area contributed by atoms with Crippen molar-refractivity contribution in [2.24, 2.45) is 28.6 Å². The van der Waals surface area contributed by atoms with Gasteiger partial charge in [-0.2, -0.15) is 4.73 Å². The second-order valence-electron chi connectivity index (χ2n) is 17.3. The second-order valence-corrected chi connectivity index (χ2v) is 17.3. The quantitative estimate of drug-likeness (QED) is 0.132. The van der Waals surface area contributed by atoms with Crippen LogP contribution in [0.3, 0.4) is 0 Å². The molecule has 2 aromatic heterocycles. The Balaban J connectivity index is 0.976. The Hall–Kier alpha value is -5.31. The fourth-order valence-corrected chi connectivity index (χ4v) is 8.44. The van der Waals surface area contributed by atoms with Crippen molar-refractivity contribution < 1.29 is 24.3 Å². The molecule has 8 rings (SSSR count). The fraction of sp³-hybridized carbons (Fsp3) is 0.512. The van der Waals surface area contributed by atoms with E-state index in [0.717, 1.165) is 83.3 Å². The highest BCUT2D eigenvalue weighted by Crippen LogP contribution is 2.59. The lowest BCUT2D eigenvalue weighted by atomic mass is 9.96. The summed E-state index contributed by atoms with van der Waals surface area (Å²) in [6, 6.07) is 12.5. The molecule has 4 aliphatic rings. The highest BCUT2D eigenvalue weighted by atomic mass is 16.5. The summed E-state index contributed by atoms with van der Waals surface area (Å²) in [5, 5.41) is 13.7. The highest BCUT2D eigenvalue weighted by molar-refractivity contribution is 5.87. The lowest BCUT2D eigenvalue weighted by Gasteiger charge is -2.30. The van der Waals surface area contributed by atoms with Crippen LogP contribution in [0.15, 0.2) is 48.7 Å². The summed E-state index contributed by atoms with van der Waals surface area (Å²) in [5.74, 6) is 7.84. The number of likely N-dealkylation sites (tertiary alicyclic amines) is 2. The van der Waals surface area contributed by atoms with E-state index < -0.39 is 12.1 Å². The molecule has 55 heavy (non-hydrogen) atoms. The number of rotatable bonds is 8. The molecule has 3 N–H and O–H groups in total. The highest BCUT2D eigenvalue weighted by Gasteiger charge is 2.56. The van der Waals surface area contributed by atoms with E-state index >= 15 is 0 Å². The Kier molecular flexibility index (Phi) is 9.17. The number of imidazole rings is 2. The van der Waals surface area contributed by atoms with Crippen LogP contribution in [0.4, 0.5) is 4.79 Å². The number of fused-ring (bicyclic) bond motifs is 1. The van der Waals surface area contributed by atoms with Gasteiger partial charge in [-0.25, -0.2) is 14.8 Å². The number of carbonyl (C=O) groups excluding carboxylic acids is 3. The predicted molar refractivity (Wildman–Crippen MR) is 207 cm³/mol. The van der Waals surface area contributed by atoms with Crippen molar-refractivity contribution in [1.82, 2.24) is 34.8 Å². The summed E-state index contributed by atoms with van der Waals surface area (Å²) < 4.78 is 5.91. The van der Waals surface area contributed by atoms with Crippen LogP contribution < -0.4 is 5.32 Å². The average molecular weight is 746 g/mol. The molecule has 4 heterocycles. The minimum Gasteiger partial charge on any atom is -0.453 e. The summed E-state index contributed by atoms with van der Waals surface area (Å²) >= 11 is 0. The molecule has 0 bridgehead atoms. The monoisotopic (exact) mass is 745 g/mol. The van der Waals surface area contributed by atoms with Crippen LogP contribution in [0.1, 0.15) is 108 Å². The number of nitrogens with one attached hydrogen (secondary N) is 2. The number of aromatic amines is 1. The van der Waals surface area contributed by atoms with Gasteiger partial charge in [-0.05, 0) is 91.5 Å². The number of hydrogen-bond acceptors (Lipinski definition) is 7. The molecule has 2 spiro atoms. The summed E-state index contributed by atoms with van der Waals surface area (Å²) in [6.07, 6.45) is 7.06. The maximum atomic E-state index is 13.9. The number of methoxy groups -OCH3 is 1. The average Bonchev–Trinajstić information content (AvgIpc) is 3.85. The van der Waals surface area contributed by atoms with E-state index in [9.17, 15) is 19.6 Å². The zero-order chi connectivity index (χ0) is 38.8. The van der Waals surface area contributed by atoms with Crippen LogP contribution in [0.5, 0.6) is 0 Å². The third-order valence-corrected chi connectivity index (χ3v) is 12.6. The SMILES string of the molecule is COC(=O)N[C@H](C(=O)N1CC2(CC2)C[C@H]1c1nc2ccc(C#Cc3ccc(-c4cn(O)c([C@@H]5CC6(CC6)CN5C(=O)[C@@H](C)C(C)C)n4)cc3)cc2[nH]1)C(C)C. The van der Waals surface area contributed by atoms with Gasteiger partial charge < -0.3 is 30.0 Å². The molecule has 2 aliphatic heterocycles. The molecule has 288 valence electrons. The van der Waals surface area contributed by atoms with Crippen LogP contribution in [0.25, 0.3) is 22.3 Å². The van der Waals surface area contributed by atoms with Crippen molar-refractivity contribution >= 4 is 28.9 Å². The van der Waals surface area contributed by atoms with E-state index in [1.807, 2.05) is 73.0 Å². The van der Waals surface area contributed by atoms with E-state index in [0.29, 0.717) is 18.1 Å². The van der Waals surface area contributed by atoms with Gasteiger partial charge in [0.25, 0.3) is 0 Å². The van der Waals surface area contributed by atoms with Crippen molar-refractivity contribution in [2.45, 2.75) is 91.3 Å². The maximum Gasteiger partial charge on any atom is 0.407 e. The summed E-state index contributed by atoms with van der Waals surface area (Å²) in [5.41, 5.74) is 5.08. The normalized spacial score (nSPS) is 21.6. The Bertz CT molecular complexity index is 2200. The van der Waals surface area contributed by atoms with Gasteiger partial charge in [-0.15, -0.1) is 0 Å². The number of nitrogens with zero attached hydrogens (tertiary/aromatic N) is 5. The van der Waals surface area contributed by atoms with E-state index in [-0.39, 0.29) is 52.5 Å². The van der Waals surface area contributed by atoms with E-state index in [1.165, 1.54) is 7.11 Å². The molecule has 2 saturated heterocycles. The van der Waals surface area contributed by atoms with Crippen molar-refractivity contribution in [1.29, 1.82) is 0 Å². The first-order valence-corrected chi connectivity index (χ1v) is 19.6. The summed E-state index contributed by atoms with van der Waals surface area (Å²) in [6.45, 7) is 11.4. The Labute approximate surface area is 322 Å². The number of alkyl carbamates (subject to hydrolysis) is 1. The number of H-pyrrole nitrogens is 1. The van der Waals surface area contributed by atoms with Crippen LogP contribution in [0.2, 0.25) is 0 Å². The molecule has 4 fully saturated rings. The molecular weight excluding hydrogens is 695 g/mol. The molecule has 2 aromatic carbocycles. The van der Waals surface area contributed by atoms with Crippen molar-refractivity contribution in [3.05, 3.63) is 71.4 Å². The van der Waals surface area contributed by atoms with Gasteiger partial charge >= 0.3 is 6.09 Å². The fourth-order valence-electron chi connectivity index (χ4n) is 8.44. The minimum absolute atomic E-state index is 0.0950. The number of aromatic nitrogens is 4. The van der Waals surface area contributed by atoms with Crippen molar-refractivity contribution in [2.75, 3.05) is 20.2 Å². The van der Waals surface area contributed by atoms with Crippen LogP contribution >= 0.6 is 0 Å². The van der Waals surface area contributed by atoms with Gasteiger partial charge in [-0.1, -0.05) is 58.6 Å². The first-order chi connectivity index (χ1) is 26.3. The minimum atomic E-state index is -0.693. The molecule has 0 radical (unpaired) electrons. The van der Waals surface area contributed by atoms with Gasteiger partial charge in [0.1, 0.15) is 11.9 Å². The zero-order valence-electron chi connectivity index (χ0n) is 32.6. The topological polar surface area (TPSA) is 146 Å². The number of carbonyl (C=O) groups is 3. The summed E-state index contributed by atoms with van der Waals surface area (Å²) in [4.78, 5) is 56.5. The number of amides is 3. The standard InChI is InChI=1S/C43H51N7O5/c1-25(2)27(5)39(51)49-24-43(17-18-43)21-35(49)38-46-33(22-50(38)54)30-12-9-28(10-13-30)7-8-29-11-14-31-32(19-29)45-37(44-31)34-20-42(15-16-42)23-48(34)40(52)36(26(3)4)47-41(53)55-6/h9-14,19,22,25-27,34-36,54H,15-18,20-21,23-24H2,1-6H3,(H,44,45)(H,47,53)/t27-,34-,35-,36-/m0/s1. The molecule has 4 atom stereocenters. The molecule has 0 unspecified atom stereocenters. The zero-order valence-corrected chi connectivity index (χ0v) is 32.6. The lowest BCUT2D eigenvalue weighted by Crippen LogP contribution is -2.51. The van der Waals surface area contributed by atoms with Crippen molar-refractivity contribution in [3.8, 4) is 23.1 Å². The molecule has 12 heteroatoms. The predicted octanol–water partition coefficient (Wildman–Crippen LogP) is 6.84. The number of hydrogen-bond donors (Lipinski definition) is 3. The number of benzene rings is 2. The van der Waals surface area contributed by atoms with Gasteiger partial charge in [0.15, 0.2) is 5.82 Å². The molecule has 12 nitrogen and oxygen atoms in total. The Morgan fingerprint density at radius 1 is 0.855 bits per heavy atom. The first kappa shape index (κ1) is 36.7. The lowest BCUT2D eigenvalue weighted by molar-refractivity contribution is -0.138. The van der Waals surface area contributed by atoms with Gasteiger partial charge in [0, 0.05) is 35.7 Å². The molecule has 4 aromatic rings.